The van der Waals surface area contributed by atoms with Crippen LogP contribution in [-0.4, -0.2) is 40.0 Å². The molecule has 0 saturated carbocycles. The van der Waals surface area contributed by atoms with E-state index in [2.05, 4.69) is 41.6 Å². The average molecular weight is 255 g/mol. The van der Waals surface area contributed by atoms with Crippen molar-refractivity contribution in [2.45, 2.75) is 52.6 Å². The van der Waals surface area contributed by atoms with Crippen molar-refractivity contribution in [1.82, 2.24) is 25.5 Å². The Balaban J connectivity index is 2.34. The van der Waals surface area contributed by atoms with E-state index in [1.165, 1.54) is 0 Å². The first-order valence-electron chi connectivity index (χ1n) is 6.86. The molecule has 18 heavy (non-hydrogen) atoms. The SMILES string of the molecule is CCCCOCCn1nnnc1C(C)NCCC. The van der Waals surface area contributed by atoms with Gasteiger partial charge >= 0.3 is 0 Å². The number of nitrogens with one attached hydrogen (secondary N) is 1. The quantitative estimate of drug-likeness (QED) is 0.643. The monoisotopic (exact) mass is 255 g/mol. The highest BCUT2D eigenvalue weighted by molar-refractivity contribution is 4.89. The first kappa shape index (κ1) is 15.0. The van der Waals surface area contributed by atoms with E-state index in [4.69, 9.17) is 4.74 Å². The van der Waals surface area contributed by atoms with Gasteiger partial charge < -0.3 is 10.1 Å². The summed E-state index contributed by atoms with van der Waals surface area (Å²) in [4.78, 5) is 0. The second-order valence-electron chi connectivity index (χ2n) is 4.40. The van der Waals surface area contributed by atoms with Crippen LogP contribution in [0.5, 0.6) is 0 Å². The van der Waals surface area contributed by atoms with Crippen molar-refractivity contribution in [3.05, 3.63) is 5.82 Å². The standard InChI is InChI=1S/C12H25N5O/c1-4-6-9-18-10-8-17-12(14-15-16-17)11(3)13-7-5-2/h11,13H,4-10H2,1-3H3. The fourth-order valence-electron chi connectivity index (χ4n) is 1.63. The maximum absolute atomic E-state index is 5.53. The van der Waals surface area contributed by atoms with Gasteiger partial charge in [0, 0.05) is 6.61 Å². The topological polar surface area (TPSA) is 64.9 Å². The molecule has 1 unspecified atom stereocenters. The van der Waals surface area contributed by atoms with Gasteiger partial charge in [-0.2, -0.15) is 0 Å². The van der Waals surface area contributed by atoms with Crippen molar-refractivity contribution in [2.75, 3.05) is 19.8 Å². The van der Waals surface area contributed by atoms with E-state index in [-0.39, 0.29) is 6.04 Å². The van der Waals surface area contributed by atoms with E-state index in [9.17, 15) is 0 Å². The third-order valence-corrected chi connectivity index (χ3v) is 2.74. The van der Waals surface area contributed by atoms with Crippen LogP contribution in [0, 0.1) is 0 Å². The second kappa shape index (κ2) is 8.99. The fraction of sp³-hybridized carbons (Fsp3) is 0.917. The minimum Gasteiger partial charge on any atom is -0.380 e. The Bertz CT molecular complexity index is 315. The lowest BCUT2D eigenvalue weighted by Crippen LogP contribution is -2.24. The molecule has 1 rings (SSSR count). The molecule has 1 heterocycles. The summed E-state index contributed by atoms with van der Waals surface area (Å²) in [6.45, 7) is 9.55. The minimum atomic E-state index is 0.176. The molecule has 104 valence electrons. The van der Waals surface area contributed by atoms with E-state index in [0.29, 0.717) is 13.2 Å². The summed E-state index contributed by atoms with van der Waals surface area (Å²) >= 11 is 0. The van der Waals surface area contributed by atoms with Gasteiger partial charge in [0.05, 0.1) is 19.2 Å². The van der Waals surface area contributed by atoms with Gasteiger partial charge in [-0.1, -0.05) is 20.3 Å². The summed E-state index contributed by atoms with van der Waals surface area (Å²) in [5.74, 6) is 0.877. The van der Waals surface area contributed by atoms with Crippen molar-refractivity contribution in [2.24, 2.45) is 0 Å². The van der Waals surface area contributed by atoms with Gasteiger partial charge in [-0.15, -0.1) is 5.10 Å². The summed E-state index contributed by atoms with van der Waals surface area (Å²) < 4.78 is 7.35. The number of rotatable bonds is 10. The normalized spacial score (nSPS) is 12.8. The summed E-state index contributed by atoms with van der Waals surface area (Å²) in [6.07, 6.45) is 3.37. The van der Waals surface area contributed by atoms with E-state index >= 15 is 0 Å². The lowest BCUT2D eigenvalue weighted by molar-refractivity contribution is 0.119. The summed E-state index contributed by atoms with van der Waals surface area (Å²) in [5, 5.41) is 15.2. The van der Waals surface area contributed by atoms with E-state index < -0.39 is 0 Å². The first-order valence-corrected chi connectivity index (χ1v) is 6.86. The van der Waals surface area contributed by atoms with Gasteiger partial charge in [0.15, 0.2) is 5.82 Å². The zero-order chi connectivity index (χ0) is 13.2. The highest BCUT2D eigenvalue weighted by Crippen LogP contribution is 2.07. The van der Waals surface area contributed by atoms with Crippen molar-refractivity contribution >= 4 is 0 Å². The highest BCUT2D eigenvalue weighted by atomic mass is 16.5. The van der Waals surface area contributed by atoms with Crippen LogP contribution < -0.4 is 5.32 Å². The molecule has 0 aliphatic carbocycles. The molecular weight excluding hydrogens is 230 g/mol. The number of ether oxygens (including phenoxy) is 1. The van der Waals surface area contributed by atoms with E-state index in [1.54, 1.807) is 0 Å². The van der Waals surface area contributed by atoms with Crippen LogP contribution in [0.4, 0.5) is 0 Å². The number of hydrogen-bond acceptors (Lipinski definition) is 5. The van der Waals surface area contributed by atoms with Crippen molar-refractivity contribution in [3.8, 4) is 0 Å². The molecule has 6 nitrogen and oxygen atoms in total. The van der Waals surface area contributed by atoms with E-state index in [0.717, 1.165) is 38.2 Å². The van der Waals surface area contributed by atoms with Crippen molar-refractivity contribution < 1.29 is 4.74 Å². The molecule has 0 fully saturated rings. The molecule has 0 spiro atoms. The molecule has 0 bridgehead atoms. The van der Waals surface area contributed by atoms with Gasteiger partial charge in [-0.05, 0) is 36.7 Å². The maximum atomic E-state index is 5.53. The molecule has 1 atom stereocenters. The maximum Gasteiger partial charge on any atom is 0.168 e. The van der Waals surface area contributed by atoms with Crippen LogP contribution in [0.1, 0.15) is 51.9 Å². The largest absolute Gasteiger partial charge is 0.380 e. The average Bonchev–Trinajstić information content (AvgIpc) is 2.84. The first-order chi connectivity index (χ1) is 8.79. The lowest BCUT2D eigenvalue weighted by Gasteiger charge is -2.12. The molecule has 0 aliphatic rings. The van der Waals surface area contributed by atoms with Gasteiger partial charge in [0.1, 0.15) is 0 Å². The Morgan fingerprint density at radius 2 is 2.11 bits per heavy atom. The number of aromatic nitrogens is 4. The Kier molecular flexibility index (Phi) is 7.52. The van der Waals surface area contributed by atoms with Crippen molar-refractivity contribution in [1.29, 1.82) is 0 Å². The smallest absolute Gasteiger partial charge is 0.168 e. The molecular formula is C12H25N5O. The fourth-order valence-corrected chi connectivity index (χ4v) is 1.63. The van der Waals surface area contributed by atoms with Crippen LogP contribution in [0.3, 0.4) is 0 Å². The van der Waals surface area contributed by atoms with Gasteiger partial charge in [0.2, 0.25) is 0 Å². The number of hydrogen-bond donors (Lipinski definition) is 1. The number of tetrazole rings is 1. The van der Waals surface area contributed by atoms with Crippen molar-refractivity contribution in [3.63, 3.8) is 0 Å². The lowest BCUT2D eigenvalue weighted by atomic mass is 10.3. The van der Waals surface area contributed by atoms with E-state index in [1.807, 2.05) is 4.68 Å². The van der Waals surface area contributed by atoms with Gasteiger partial charge in [0.25, 0.3) is 0 Å². The Morgan fingerprint density at radius 1 is 1.28 bits per heavy atom. The summed E-state index contributed by atoms with van der Waals surface area (Å²) in [6, 6.07) is 0.176. The zero-order valence-electron chi connectivity index (χ0n) is 11.7. The minimum absolute atomic E-state index is 0.176. The predicted octanol–water partition coefficient (Wildman–Crippen LogP) is 1.55. The highest BCUT2D eigenvalue weighted by Gasteiger charge is 2.13. The number of nitrogens with zero attached hydrogens (tertiary/aromatic N) is 4. The van der Waals surface area contributed by atoms with Gasteiger partial charge in [-0.25, -0.2) is 4.68 Å². The molecule has 1 aromatic rings. The second-order valence-corrected chi connectivity index (χ2v) is 4.40. The number of unbranched alkanes of at least 4 members (excludes halogenated alkanes) is 1. The molecule has 0 aliphatic heterocycles. The van der Waals surface area contributed by atoms with Crippen LogP contribution in [0.15, 0.2) is 0 Å². The Morgan fingerprint density at radius 3 is 2.83 bits per heavy atom. The Labute approximate surface area is 109 Å². The van der Waals surface area contributed by atoms with Crippen LogP contribution in [0.2, 0.25) is 0 Å². The molecule has 1 aromatic heterocycles. The van der Waals surface area contributed by atoms with Crippen LogP contribution in [-0.2, 0) is 11.3 Å². The van der Waals surface area contributed by atoms with Crippen LogP contribution in [0.25, 0.3) is 0 Å². The zero-order valence-corrected chi connectivity index (χ0v) is 11.7. The molecule has 1 N–H and O–H groups in total. The molecule has 0 aromatic carbocycles. The predicted molar refractivity (Wildman–Crippen MR) is 70.3 cm³/mol. The molecule has 0 radical (unpaired) electrons. The third-order valence-electron chi connectivity index (χ3n) is 2.74. The molecule has 0 saturated heterocycles. The van der Waals surface area contributed by atoms with Gasteiger partial charge in [-0.3, -0.25) is 0 Å². The molecule has 0 amide bonds. The third kappa shape index (κ3) is 5.10. The Hall–Kier alpha value is -1.01. The summed E-state index contributed by atoms with van der Waals surface area (Å²) in [7, 11) is 0. The van der Waals surface area contributed by atoms with Crippen LogP contribution >= 0.6 is 0 Å². The summed E-state index contributed by atoms with van der Waals surface area (Å²) in [5.41, 5.74) is 0. The molecule has 6 heteroatoms.